The van der Waals surface area contributed by atoms with Crippen molar-refractivity contribution >= 4 is 31.8 Å². The number of aryl methyl sites for hydroxylation is 1. The Bertz CT molecular complexity index is 1420. The lowest BCUT2D eigenvalue weighted by atomic mass is 10.0. The third kappa shape index (κ3) is 2.47. The van der Waals surface area contributed by atoms with Gasteiger partial charge in [-0.1, -0.05) is 48.0 Å². The first-order chi connectivity index (χ1) is 13.6. The molecule has 4 nitrogen and oxygen atoms in total. The third-order valence-corrected chi connectivity index (χ3v) is 6.83. The molecular formula is C23H18N2O2S. The van der Waals surface area contributed by atoms with Crippen LogP contribution in [0.4, 0.5) is 0 Å². The number of H-pyrrole nitrogens is 1. The zero-order valence-electron chi connectivity index (χ0n) is 15.3. The van der Waals surface area contributed by atoms with Crippen LogP contribution in [0.15, 0.2) is 90.1 Å². The summed E-state index contributed by atoms with van der Waals surface area (Å²) in [5, 5.41) is 1.98. The minimum atomic E-state index is -3.70. The van der Waals surface area contributed by atoms with Gasteiger partial charge in [0, 0.05) is 34.2 Å². The number of aromatic amines is 1. The summed E-state index contributed by atoms with van der Waals surface area (Å²) >= 11 is 0. The summed E-state index contributed by atoms with van der Waals surface area (Å²) in [4.78, 5) is 3.50. The second-order valence-corrected chi connectivity index (χ2v) is 8.73. The van der Waals surface area contributed by atoms with Gasteiger partial charge in [-0.15, -0.1) is 0 Å². The fourth-order valence-corrected chi connectivity index (χ4v) is 5.08. The molecule has 0 atom stereocenters. The van der Waals surface area contributed by atoms with E-state index >= 15 is 0 Å². The van der Waals surface area contributed by atoms with E-state index in [4.69, 9.17) is 0 Å². The predicted molar refractivity (Wildman–Crippen MR) is 113 cm³/mol. The molecule has 0 bridgehead atoms. The summed E-state index contributed by atoms with van der Waals surface area (Å²) < 4.78 is 28.1. The first-order valence-corrected chi connectivity index (χ1v) is 10.5. The highest BCUT2D eigenvalue weighted by Crippen LogP contribution is 2.36. The number of benzene rings is 3. The fraction of sp³-hybridized carbons (Fsp3) is 0.0435. The van der Waals surface area contributed by atoms with Gasteiger partial charge in [0.2, 0.25) is 0 Å². The third-order valence-electron chi connectivity index (χ3n) is 5.14. The highest BCUT2D eigenvalue weighted by molar-refractivity contribution is 7.90. The number of nitrogens with one attached hydrogen (secondary N) is 1. The standard InChI is InChI=1S/C23H18N2O2S/c1-16-9-11-17(12-10-16)28(26,27)25-15-21(20-5-2-3-8-23(20)25)18-6-4-7-22-19(18)13-14-24-22/h2-15,24H,1H3. The summed E-state index contributed by atoms with van der Waals surface area (Å²) in [5.41, 5.74) is 4.63. The maximum atomic E-state index is 13.4. The number of nitrogens with zero attached hydrogens (tertiary/aromatic N) is 1. The van der Waals surface area contributed by atoms with Gasteiger partial charge in [-0.05, 0) is 42.8 Å². The maximum absolute atomic E-state index is 13.4. The molecule has 0 aliphatic heterocycles. The van der Waals surface area contributed by atoms with E-state index in [1.807, 2.05) is 73.8 Å². The van der Waals surface area contributed by atoms with Crippen molar-refractivity contribution < 1.29 is 8.42 Å². The van der Waals surface area contributed by atoms with Crippen molar-refractivity contribution in [2.24, 2.45) is 0 Å². The molecule has 5 heteroatoms. The van der Waals surface area contributed by atoms with Crippen molar-refractivity contribution in [1.82, 2.24) is 8.96 Å². The van der Waals surface area contributed by atoms with Crippen molar-refractivity contribution in [3.05, 3.63) is 90.8 Å². The Balaban J connectivity index is 1.81. The second kappa shape index (κ2) is 6.11. The Morgan fingerprint density at radius 1 is 0.786 bits per heavy atom. The van der Waals surface area contributed by atoms with Crippen LogP contribution in [-0.2, 0) is 10.0 Å². The molecule has 3 aromatic carbocycles. The molecule has 0 fully saturated rings. The number of aromatic nitrogens is 2. The van der Waals surface area contributed by atoms with Gasteiger partial charge in [0.05, 0.1) is 10.4 Å². The molecule has 0 amide bonds. The lowest BCUT2D eigenvalue weighted by molar-refractivity contribution is 0.589. The molecular weight excluding hydrogens is 368 g/mol. The average molecular weight is 386 g/mol. The lowest BCUT2D eigenvalue weighted by Gasteiger charge is -2.07. The maximum Gasteiger partial charge on any atom is 0.268 e. The Hall–Kier alpha value is -3.31. The van der Waals surface area contributed by atoms with Gasteiger partial charge in [0.1, 0.15) is 0 Å². The van der Waals surface area contributed by atoms with Gasteiger partial charge in [0.15, 0.2) is 0 Å². The van der Waals surface area contributed by atoms with E-state index in [2.05, 4.69) is 4.98 Å². The van der Waals surface area contributed by atoms with Gasteiger partial charge in [-0.2, -0.15) is 0 Å². The molecule has 5 rings (SSSR count). The van der Waals surface area contributed by atoms with Crippen molar-refractivity contribution in [3.8, 4) is 11.1 Å². The molecule has 0 aliphatic rings. The molecule has 0 saturated carbocycles. The van der Waals surface area contributed by atoms with E-state index in [0.29, 0.717) is 5.52 Å². The molecule has 0 aliphatic carbocycles. The van der Waals surface area contributed by atoms with E-state index in [-0.39, 0.29) is 4.90 Å². The first-order valence-electron chi connectivity index (χ1n) is 9.04. The zero-order valence-corrected chi connectivity index (χ0v) is 16.1. The number of rotatable bonds is 3. The van der Waals surface area contributed by atoms with Gasteiger partial charge in [0.25, 0.3) is 10.0 Å². The van der Waals surface area contributed by atoms with Crippen LogP contribution < -0.4 is 0 Å². The number of para-hydroxylation sites is 1. The Kier molecular flexibility index (Phi) is 3.67. The summed E-state index contributed by atoms with van der Waals surface area (Å²) in [6, 6.07) is 22.6. The molecule has 2 aromatic heterocycles. The Labute approximate surface area is 163 Å². The van der Waals surface area contributed by atoms with Gasteiger partial charge in [-0.25, -0.2) is 12.4 Å². The second-order valence-electron chi connectivity index (χ2n) is 6.92. The molecule has 138 valence electrons. The Morgan fingerprint density at radius 3 is 2.39 bits per heavy atom. The van der Waals surface area contributed by atoms with Gasteiger partial charge < -0.3 is 4.98 Å². The van der Waals surface area contributed by atoms with E-state index in [1.54, 1.807) is 18.3 Å². The van der Waals surface area contributed by atoms with Crippen molar-refractivity contribution in [1.29, 1.82) is 0 Å². The smallest absolute Gasteiger partial charge is 0.268 e. The van der Waals surface area contributed by atoms with Crippen molar-refractivity contribution in [2.75, 3.05) is 0 Å². The molecule has 1 N–H and O–H groups in total. The first kappa shape index (κ1) is 16.8. The predicted octanol–water partition coefficient (Wildman–Crippen LogP) is 5.34. The van der Waals surface area contributed by atoms with E-state index < -0.39 is 10.0 Å². The van der Waals surface area contributed by atoms with Crippen LogP contribution in [0, 0.1) is 6.92 Å². The van der Waals surface area contributed by atoms with Crippen molar-refractivity contribution in [2.45, 2.75) is 11.8 Å². The summed E-state index contributed by atoms with van der Waals surface area (Å²) in [7, 11) is -3.70. The van der Waals surface area contributed by atoms with E-state index in [1.165, 1.54) is 3.97 Å². The fourth-order valence-electron chi connectivity index (χ4n) is 3.71. The summed E-state index contributed by atoms with van der Waals surface area (Å²) in [6.07, 6.45) is 3.64. The number of fused-ring (bicyclic) bond motifs is 2. The molecule has 28 heavy (non-hydrogen) atoms. The van der Waals surface area contributed by atoms with Crippen LogP contribution in [-0.4, -0.2) is 17.4 Å². The quantitative estimate of drug-likeness (QED) is 0.455. The average Bonchev–Trinajstić information content (AvgIpc) is 3.33. The van der Waals surface area contributed by atoms with E-state index in [0.717, 1.165) is 33.0 Å². The van der Waals surface area contributed by atoms with Gasteiger partial charge in [-0.3, -0.25) is 0 Å². The highest BCUT2D eigenvalue weighted by Gasteiger charge is 2.22. The minimum Gasteiger partial charge on any atom is -0.361 e. The monoisotopic (exact) mass is 386 g/mol. The normalized spacial score (nSPS) is 12.0. The molecule has 0 radical (unpaired) electrons. The number of hydrogen-bond donors (Lipinski definition) is 1. The van der Waals surface area contributed by atoms with Crippen LogP contribution in [0.2, 0.25) is 0 Å². The van der Waals surface area contributed by atoms with Crippen molar-refractivity contribution in [3.63, 3.8) is 0 Å². The van der Waals surface area contributed by atoms with Crippen LogP contribution in [0.25, 0.3) is 32.9 Å². The Morgan fingerprint density at radius 2 is 1.57 bits per heavy atom. The van der Waals surface area contributed by atoms with E-state index in [9.17, 15) is 8.42 Å². The molecule has 5 aromatic rings. The lowest BCUT2D eigenvalue weighted by Crippen LogP contribution is -2.11. The van der Waals surface area contributed by atoms with Crippen LogP contribution in [0.3, 0.4) is 0 Å². The van der Waals surface area contributed by atoms with Crippen LogP contribution in [0.1, 0.15) is 5.56 Å². The SMILES string of the molecule is Cc1ccc(S(=O)(=O)n2cc(-c3cccc4[nH]ccc34)c3ccccc32)cc1. The van der Waals surface area contributed by atoms with Gasteiger partial charge >= 0.3 is 0 Å². The molecule has 2 heterocycles. The minimum absolute atomic E-state index is 0.283. The summed E-state index contributed by atoms with van der Waals surface area (Å²) in [5.74, 6) is 0. The number of hydrogen-bond acceptors (Lipinski definition) is 2. The molecule has 0 saturated heterocycles. The topological polar surface area (TPSA) is 54.9 Å². The zero-order chi connectivity index (χ0) is 19.3. The summed E-state index contributed by atoms with van der Waals surface area (Å²) in [6.45, 7) is 1.94. The largest absolute Gasteiger partial charge is 0.361 e. The molecule has 0 unspecified atom stereocenters. The van der Waals surface area contributed by atoms with Crippen LogP contribution in [0.5, 0.6) is 0 Å². The molecule has 0 spiro atoms. The highest BCUT2D eigenvalue weighted by atomic mass is 32.2. The van der Waals surface area contributed by atoms with Crippen LogP contribution >= 0.6 is 0 Å².